The minimum absolute atomic E-state index is 0.0318. The lowest BCUT2D eigenvalue weighted by atomic mass is 9.97. The molecule has 0 bridgehead atoms. The maximum absolute atomic E-state index is 12.0. The largest absolute Gasteiger partial charge is 0.573 e. The highest BCUT2D eigenvalue weighted by Crippen LogP contribution is 2.23. The molecule has 0 aromatic heterocycles. The summed E-state index contributed by atoms with van der Waals surface area (Å²) in [6.07, 6.45) is -4.29. The number of Topliss-reactive ketones (excluding diaryl/α,β-unsaturated/α-hetero) is 1. The fraction of sp³-hybridized carbons (Fsp3) is 0.500. The fourth-order valence-electron chi connectivity index (χ4n) is 1.61. The smallest absolute Gasteiger partial charge is 0.406 e. The maximum atomic E-state index is 12.0. The van der Waals surface area contributed by atoms with E-state index in [-0.39, 0.29) is 36.3 Å². The summed E-state index contributed by atoms with van der Waals surface area (Å²) in [5.41, 5.74) is 6.44. The van der Waals surface area contributed by atoms with Crippen LogP contribution < -0.4 is 10.5 Å². The van der Waals surface area contributed by atoms with Crippen LogP contribution in [-0.4, -0.2) is 18.2 Å². The number of carbonyl (C=O) groups is 1. The van der Waals surface area contributed by atoms with Gasteiger partial charge in [0.2, 0.25) is 0 Å². The first-order valence-corrected chi connectivity index (χ1v) is 6.29. The third-order valence-corrected chi connectivity index (χ3v) is 2.88. The van der Waals surface area contributed by atoms with Crippen molar-refractivity contribution in [3.8, 4) is 5.75 Å². The zero-order chi connectivity index (χ0) is 15.3. The van der Waals surface area contributed by atoms with Crippen molar-refractivity contribution in [2.75, 3.05) is 0 Å². The zero-order valence-electron chi connectivity index (χ0n) is 11.4. The van der Waals surface area contributed by atoms with Gasteiger partial charge in [-0.25, -0.2) is 0 Å². The van der Waals surface area contributed by atoms with Crippen molar-refractivity contribution in [2.45, 2.75) is 39.1 Å². The van der Waals surface area contributed by atoms with E-state index >= 15 is 0 Å². The van der Waals surface area contributed by atoms with E-state index in [0.717, 1.165) is 0 Å². The molecule has 0 aliphatic carbocycles. The summed E-state index contributed by atoms with van der Waals surface area (Å²) in [6.45, 7) is 3.86. The van der Waals surface area contributed by atoms with Crippen LogP contribution in [0.15, 0.2) is 24.3 Å². The van der Waals surface area contributed by atoms with E-state index in [1.165, 1.54) is 24.3 Å². The second-order valence-electron chi connectivity index (χ2n) is 5.02. The Morgan fingerprint density at radius 1 is 1.25 bits per heavy atom. The molecule has 0 fully saturated rings. The number of halogens is 3. The number of nitrogens with two attached hydrogens (primary N) is 1. The van der Waals surface area contributed by atoms with Crippen molar-refractivity contribution < 1.29 is 22.7 Å². The Kier molecular flexibility index (Phi) is 5.56. The molecule has 20 heavy (non-hydrogen) atoms. The normalized spacial score (nSPS) is 13.3. The van der Waals surface area contributed by atoms with E-state index in [1.807, 2.05) is 13.8 Å². The number of hydrogen-bond acceptors (Lipinski definition) is 3. The van der Waals surface area contributed by atoms with Crippen molar-refractivity contribution in [1.82, 2.24) is 0 Å². The number of ketones is 1. The number of alkyl halides is 3. The van der Waals surface area contributed by atoms with Crippen molar-refractivity contribution in [3.63, 3.8) is 0 Å². The van der Waals surface area contributed by atoms with Crippen molar-refractivity contribution in [1.29, 1.82) is 0 Å². The van der Waals surface area contributed by atoms with Crippen LogP contribution >= 0.6 is 0 Å². The van der Waals surface area contributed by atoms with E-state index in [9.17, 15) is 18.0 Å². The van der Waals surface area contributed by atoms with Gasteiger partial charge in [-0.3, -0.25) is 4.79 Å². The predicted octanol–water partition coefficient (Wildman–Crippen LogP) is 3.07. The average molecular weight is 289 g/mol. The van der Waals surface area contributed by atoms with Gasteiger partial charge in [0, 0.05) is 18.9 Å². The molecule has 0 saturated carbocycles. The van der Waals surface area contributed by atoms with Crippen molar-refractivity contribution >= 4 is 5.78 Å². The lowest BCUT2D eigenvalue weighted by molar-refractivity contribution is -0.274. The van der Waals surface area contributed by atoms with Crippen LogP contribution in [0.5, 0.6) is 5.75 Å². The summed E-state index contributed by atoms with van der Waals surface area (Å²) in [5.74, 6) is -0.121. The zero-order valence-corrected chi connectivity index (χ0v) is 11.4. The molecule has 0 aliphatic rings. The van der Waals surface area contributed by atoms with Gasteiger partial charge in [-0.1, -0.05) is 26.0 Å². The third kappa shape index (κ3) is 6.06. The second kappa shape index (κ2) is 6.74. The molecule has 2 N–H and O–H groups in total. The van der Waals surface area contributed by atoms with Gasteiger partial charge in [-0.15, -0.1) is 13.2 Å². The van der Waals surface area contributed by atoms with Crippen LogP contribution in [0.25, 0.3) is 0 Å². The molecule has 0 aliphatic heterocycles. The molecule has 1 aromatic rings. The molecular weight excluding hydrogens is 271 g/mol. The molecule has 0 spiro atoms. The minimum atomic E-state index is -4.71. The first-order valence-electron chi connectivity index (χ1n) is 6.29. The Bertz CT molecular complexity index is 441. The van der Waals surface area contributed by atoms with Gasteiger partial charge in [0.25, 0.3) is 0 Å². The summed E-state index contributed by atoms with van der Waals surface area (Å²) in [7, 11) is 0. The van der Waals surface area contributed by atoms with Crippen LogP contribution in [0.4, 0.5) is 13.2 Å². The number of ether oxygens (including phenoxy) is 1. The summed E-state index contributed by atoms with van der Waals surface area (Å²) in [5, 5.41) is 0. The molecule has 1 unspecified atom stereocenters. The molecule has 1 atom stereocenters. The molecular formula is C14H18F3NO2. The van der Waals surface area contributed by atoms with Crippen LogP contribution in [-0.2, 0) is 11.2 Å². The molecule has 0 radical (unpaired) electrons. The maximum Gasteiger partial charge on any atom is 0.573 e. The minimum Gasteiger partial charge on any atom is -0.406 e. The van der Waals surface area contributed by atoms with Gasteiger partial charge < -0.3 is 10.5 Å². The lowest BCUT2D eigenvalue weighted by Crippen LogP contribution is -2.29. The number of hydrogen-bond donors (Lipinski definition) is 1. The molecule has 0 heterocycles. The Labute approximate surface area is 115 Å². The van der Waals surface area contributed by atoms with E-state index in [4.69, 9.17) is 5.73 Å². The van der Waals surface area contributed by atoms with Gasteiger partial charge in [-0.05, 0) is 23.6 Å². The third-order valence-electron chi connectivity index (χ3n) is 2.88. The highest BCUT2D eigenvalue weighted by molar-refractivity contribution is 5.81. The quantitative estimate of drug-likeness (QED) is 0.875. The summed E-state index contributed by atoms with van der Waals surface area (Å²) >= 11 is 0. The van der Waals surface area contributed by atoms with Crippen molar-refractivity contribution in [3.05, 3.63) is 29.8 Å². The standard InChI is InChI=1S/C14H18F3NO2/c1-9(2)13(18)8-11(19)7-10-3-5-12(6-4-10)20-14(15,16)17/h3-6,9,13H,7-8,18H2,1-2H3. The van der Waals surface area contributed by atoms with Crippen LogP contribution in [0, 0.1) is 5.92 Å². The van der Waals surface area contributed by atoms with Gasteiger partial charge in [-0.2, -0.15) is 0 Å². The van der Waals surface area contributed by atoms with Gasteiger partial charge in [0.1, 0.15) is 11.5 Å². The molecule has 1 aromatic carbocycles. The highest BCUT2D eigenvalue weighted by Gasteiger charge is 2.30. The Balaban J connectivity index is 2.55. The van der Waals surface area contributed by atoms with Crippen LogP contribution in [0.3, 0.4) is 0 Å². The van der Waals surface area contributed by atoms with Gasteiger partial charge in [0.05, 0.1) is 0 Å². The predicted molar refractivity (Wildman–Crippen MR) is 69.3 cm³/mol. The Hall–Kier alpha value is -1.56. The van der Waals surface area contributed by atoms with E-state index in [0.29, 0.717) is 5.56 Å². The number of rotatable bonds is 6. The lowest BCUT2D eigenvalue weighted by Gasteiger charge is -2.14. The molecule has 112 valence electrons. The SMILES string of the molecule is CC(C)C(N)CC(=O)Cc1ccc(OC(F)(F)F)cc1. The molecule has 6 heteroatoms. The molecule has 0 amide bonds. The van der Waals surface area contributed by atoms with E-state index in [1.54, 1.807) is 0 Å². The molecule has 1 rings (SSSR count). The number of benzene rings is 1. The Morgan fingerprint density at radius 3 is 2.25 bits per heavy atom. The first-order chi connectivity index (χ1) is 9.17. The fourth-order valence-corrected chi connectivity index (χ4v) is 1.61. The van der Waals surface area contributed by atoms with E-state index in [2.05, 4.69) is 4.74 Å². The summed E-state index contributed by atoms with van der Waals surface area (Å²) in [6, 6.07) is 5.08. The second-order valence-corrected chi connectivity index (χ2v) is 5.02. The first kappa shape index (κ1) is 16.5. The van der Waals surface area contributed by atoms with Crippen LogP contribution in [0.1, 0.15) is 25.8 Å². The van der Waals surface area contributed by atoms with Gasteiger partial charge in [0.15, 0.2) is 0 Å². The average Bonchev–Trinajstić information content (AvgIpc) is 2.29. The number of carbonyl (C=O) groups excluding carboxylic acids is 1. The monoisotopic (exact) mass is 289 g/mol. The van der Waals surface area contributed by atoms with Crippen LogP contribution in [0.2, 0.25) is 0 Å². The van der Waals surface area contributed by atoms with E-state index < -0.39 is 6.36 Å². The topological polar surface area (TPSA) is 52.3 Å². The summed E-state index contributed by atoms with van der Waals surface area (Å²) in [4.78, 5) is 11.7. The Morgan fingerprint density at radius 2 is 1.80 bits per heavy atom. The molecule has 3 nitrogen and oxygen atoms in total. The molecule has 0 saturated heterocycles. The van der Waals surface area contributed by atoms with Crippen molar-refractivity contribution in [2.24, 2.45) is 11.7 Å². The highest BCUT2D eigenvalue weighted by atomic mass is 19.4. The summed E-state index contributed by atoms with van der Waals surface area (Å²) < 4.78 is 39.7. The van der Waals surface area contributed by atoms with Gasteiger partial charge >= 0.3 is 6.36 Å².